The minimum absolute atomic E-state index is 0.0624. The van der Waals surface area contributed by atoms with E-state index in [-0.39, 0.29) is 29.8 Å². The lowest BCUT2D eigenvalue weighted by atomic mass is 10.00. The van der Waals surface area contributed by atoms with Crippen LogP contribution in [0.5, 0.6) is 5.75 Å². The second-order valence-corrected chi connectivity index (χ2v) is 7.96. The summed E-state index contributed by atoms with van der Waals surface area (Å²) in [6, 6.07) is 10.4. The van der Waals surface area contributed by atoms with Crippen molar-refractivity contribution in [3.63, 3.8) is 0 Å². The van der Waals surface area contributed by atoms with E-state index in [0.717, 1.165) is 12.8 Å². The van der Waals surface area contributed by atoms with Gasteiger partial charge in [-0.2, -0.15) is 10.4 Å². The first-order chi connectivity index (χ1) is 15.9. The summed E-state index contributed by atoms with van der Waals surface area (Å²) in [5, 5.41) is 13.4. The van der Waals surface area contributed by atoms with E-state index in [4.69, 9.17) is 15.7 Å². The van der Waals surface area contributed by atoms with Crippen molar-refractivity contribution in [1.29, 1.82) is 5.26 Å². The topological polar surface area (TPSA) is 97.2 Å². The number of amides is 1. The Morgan fingerprint density at radius 1 is 1.24 bits per heavy atom. The molecule has 7 nitrogen and oxygen atoms in total. The van der Waals surface area contributed by atoms with E-state index in [1.165, 1.54) is 42.3 Å². The number of ether oxygens (including phenoxy) is 1. The third-order valence-electron chi connectivity index (χ3n) is 5.76. The number of likely N-dealkylation sites (tertiary alicyclic amines) is 1. The monoisotopic (exact) mass is 451 g/mol. The first-order valence-corrected chi connectivity index (χ1v) is 10.5. The molecule has 4 rings (SSSR count). The molecule has 2 aromatic carbocycles. The fraction of sp³-hybridized carbons (Fsp3) is 0.292. The van der Waals surface area contributed by atoms with Gasteiger partial charge in [-0.15, -0.1) is 0 Å². The number of hydrogen-bond acceptors (Lipinski definition) is 5. The molecule has 0 radical (unpaired) electrons. The molecule has 1 aliphatic heterocycles. The molecule has 1 saturated heterocycles. The number of carbonyl (C=O) groups is 1. The highest BCUT2D eigenvalue weighted by atomic mass is 19.1. The van der Waals surface area contributed by atoms with Gasteiger partial charge in [0, 0.05) is 30.3 Å². The molecular formula is C24H23F2N5O2. The van der Waals surface area contributed by atoms with Gasteiger partial charge in [-0.3, -0.25) is 9.48 Å². The zero-order valence-electron chi connectivity index (χ0n) is 18.1. The van der Waals surface area contributed by atoms with Crippen molar-refractivity contribution < 1.29 is 18.3 Å². The Balaban J connectivity index is 1.77. The summed E-state index contributed by atoms with van der Waals surface area (Å²) >= 11 is 0. The molecule has 1 fully saturated rings. The van der Waals surface area contributed by atoms with Crippen LogP contribution in [0.25, 0.3) is 22.4 Å². The smallest absolute Gasteiger partial charge is 0.244 e. The Hall–Kier alpha value is -3.77. The molecule has 1 aromatic heterocycles. The Kier molecular flexibility index (Phi) is 6.38. The van der Waals surface area contributed by atoms with E-state index >= 15 is 0 Å². The van der Waals surface area contributed by atoms with E-state index in [1.807, 2.05) is 0 Å². The summed E-state index contributed by atoms with van der Waals surface area (Å²) in [5.74, 6) is -1.32. The van der Waals surface area contributed by atoms with E-state index < -0.39 is 11.6 Å². The number of piperidine rings is 1. The lowest BCUT2D eigenvalue weighted by Crippen LogP contribution is -2.46. The van der Waals surface area contributed by atoms with E-state index in [1.54, 1.807) is 23.1 Å². The van der Waals surface area contributed by atoms with E-state index in [0.29, 0.717) is 35.5 Å². The van der Waals surface area contributed by atoms with Gasteiger partial charge in [0.1, 0.15) is 18.4 Å². The highest BCUT2D eigenvalue weighted by Crippen LogP contribution is 2.35. The second-order valence-electron chi connectivity index (χ2n) is 7.96. The third kappa shape index (κ3) is 4.56. The fourth-order valence-corrected chi connectivity index (χ4v) is 4.07. The van der Waals surface area contributed by atoms with Gasteiger partial charge >= 0.3 is 0 Å². The van der Waals surface area contributed by atoms with Crippen LogP contribution in [-0.2, 0) is 11.3 Å². The number of hydrogen-bond donors (Lipinski definition) is 1. The molecule has 2 heterocycles. The molecule has 1 amide bonds. The highest BCUT2D eigenvalue weighted by Gasteiger charge is 2.24. The molecule has 0 saturated carbocycles. The summed E-state index contributed by atoms with van der Waals surface area (Å²) in [5.41, 5.74) is 7.79. The van der Waals surface area contributed by atoms with Gasteiger partial charge < -0.3 is 15.4 Å². The van der Waals surface area contributed by atoms with Crippen molar-refractivity contribution in [3.8, 4) is 34.2 Å². The van der Waals surface area contributed by atoms with Crippen LogP contribution >= 0.6 is 0 Å². The van der Waals surface area contributed by atoms with E-state index in [2.05, 4.69) is 5.10 Å². The van der Waals surface area contributed by atoms with Crippen molar-refractivity contribution in [2.45, 2.75) is 25.4 Å². The summed E-state index contributed by atoms with van der Waals surface area (Å²) in [4.78, 5) is 14.7. The number of halogens is 2. The quantitative estimate of drug-likeness (QED) is 0.642. The van der Waals surface area contributed by atoms with Gasteiger partial charge in [0.2, 0.25) is 5.91 Å². The average Bonchev–Trinajstić information content (AvgIpc) is 3.22. The zero-order valence-corrected chi connectivity index (χ0v) is 18.1. The number of nitrogens with two attached hydrogens (primary N) is 1. The van der Waals surface area contributed by atoms with Crippen LogP contribution < -0.4 is 10.5 Å². The number of methoxy groups -OCH3 is 1. The predicted octanol–water partition coefficient (Wildman–Crippen LogP) is 3.33. The third-order valence-corrected chi connectivity index (χ3v) is 5.76. The van der Waals surface area contributed by atoms with Gasteiger partial charge in [0.25, 0.3) is 0 Å². The lowest BCUT2D eigenvalue weighted by Gasteiger charge is -2.31. The van der Waals surface area contributed by atoms with Crippen LogP contribution in [0.15, 0.2) is 42.6 Å². The number of benzene rings is 2. The molecule has 9 heteroatoms. The second kappa shape index (κ2) is 9.38. The molecule has 1 atom stereocenters. The van der Waals surface area contributed by atoms with Crippen molar-refractivity contribution in [1.82, 2.24) is 14.7 Å². The van der Waals surface area contributed by atoms with Gasteiger partial charge in [-0.25, -0.2) is 8.78 Å². The van der Waals surface area contributed by atoms with Gasteiger partial charge in [-0.1, -0.05) is 6.07 Å². The largest absolute Gasteiger partial charge is 0.494 e. The Morgan fingerprint density at radius 2 is 2.00 bits per heavy atom. The van der Waals surface area contributed by atoms with Gasteiger partial charge in [-0.05, 0) is 48.7 Å². The van der Waals surface area contributed by atoms with Crippen LogP contribution in [0.2, 0.25) is 0 Å². The molecule has 1 aliphatic rings. The lowest BCUT2D eigenvalue weighted by molar-refractivity contribution is -0.133. The number of nitriles is 1. The summed E-state index contributed by atoms with van der Waals surface area (Å²) < 4.78 is 35.3. The van der Waals surface area contributed by atoms with Crippen LogP contribution in [0, 0.1) is 23.0 Å². The van der Waals surface area contributed by atoms with Crippen LogP contribution in [0.4, 0.5) is 8.78 Å². The Bertz CT molecular complexity index is 1230. The maximum absolute atomic E-state index is 14.5. The van der Waals surface area contributed by atoms with Crippen molar-refractivity contribution in [3.05, 3.63) is 59.8 Å². The minimum atomic E-state index is -0.673. The Morgan fingerprint density at radius 3 is 2.67 bits per heavy atom. The molecule has 1 unspecified atom stereocenters. The highest BCUT2D eigenvalue weighted by molar-refractivity contribution is 5.83. The first-order valence-electron chi connectivity index (χ1n) is 10.5. The van der Waals surface area contributed by atoms with E-state index in [9.17, 15) is 13.6 Å². The summed E-state index contributed by atoms with van der Waals surface area (Å²) in [7, 11) is 1.37. The molecule has 0 spiro atoms. The summed E-state index contributed by atoms with van der Waals surface area (Å²) in [6.07, 6.45) is 3.21. The SMILES string of the molecule is COc1ccc(-c2c(-c3ccc(C#N)c(F)c3)cnn2CC(=O)N2CCCC(N)C2)cc1F. The van der Waals surface area contributed by atoms with Crippen LogP contribution in [-0.4, -0.2) is 46.8 Å². The molecule has 3 aromatic rings. The molecule has 0 aliphatic carbocycles. The molecule has 2 N–H and O–H groups in total. The average molecular weight is 451 g/mol. The molecule has 0 bridgehead atoms. The number of aromatic nitrogens is 2. The maximum Gasteiger partial charge on any atom is 0.244 e. The number of rotatable bonds is 5. The Labute approximate surface area is 190 Å². The number of carbonyl (C=O) groups excluding carboxylic acids is 1. The number of nitrogens with zero attached hydrogens (tertiary/aromatic N) is 4. The van der Waals surface area contributed by atoms with Gasteiger partial charge in [0.05, 0.1) is 24.6 Å². The van der Waals surface area contributed by atoms with Crippen molar-refractivity contribution in [2.75, 3.05) is 20.2 Å². The first kappa shape index (κ1) is 22.4. The van der Waals surface area contributed by atoms with Crippen molar-refractivity contribution in [2.24, 2.45) is 5.73 Å². The summed E-state index contributed by atoms with van der Waals surface area (Å²) in [6.45, 7) is 1.02. The van der Waals surface area contributed by atoms with Crippen molar-refractivity contribution >= 4 is 5.91 Å². The van der Waals surface area contributed by atoms with Gasteiger partial charge in [0.15, 0.2) is 11.6 Å². The minimum Gasteiger partial charge on any atom is -0.494 e. The van der Waals surface area contributed by atoms with Crippen LogP contribution in [0.1, 0.15) is 18.4 Å². The maximum atomic E-state index is 14.5. The fourth-order valence-electron chi connectivity index (χ4n) is 4.07. The molecule has 33 heavy (non-hydrogen) atoms. The molecule has 170 valence electrons. The van der Waals surface area contributed by atoms with Crippen LogP contribution in [0.3, 0.4) is 0 Å². The molecular weight excluding hydrogens is 428 g/mol. The normalized spacial score (nSPS) is 15.8. The zero-order chi connectivity index (χ0) is 23.5. The predicted molar refractivity (Wildman–Crippen MR) is 118 cm³/mol. The standard InChI is InChI=1S/C24H23F2N5O2/c1-33-22-7-6-16(10-21(22)26)24-19(15-4-5-17(11-27)20(25)9-15)12-29-31(24)14-23(32)30-8-2-3-18(28)13-30/h4-7,9-10,12,18H,2-3,8,13-14,28H2,1H3.